The number of rotatable bonds is 4. The molecule has 0 bridgehead atoms. The summed E-state index contributed by atoms with van der Waals surface area (Å²) in [6, 6.07) is 11.8. The van der Waals surface area contributed by atoms with Crippen molar-refractivity contribution >= 4 is 34.3 Å². The van der Waals surface area contributed by atoms with E-state index < -0.39 is 11.8 Å². The molecule has 0 saturated carbocycles. The second-order valence-electron chi connectivity index (χ2n) is 5.31. The van der Waals surface area contributed by atoms with Crippen LogP contribution in [-0.2, 0) is 0 Å². The third kappa shape index (κ3) is 3.40. The molecule has 3 rings (SSSR count). The number of amides is 1. The van der Waals surface area contributed by atoms with E-state index in [1.807, 2.05) is 0 Å². The van der Waals surface area contributed by atoms with Crippen LogP contribution in [0, 0.1) is 5.82 Å². The third-order valence-electron chi connectivity index (χ3n) is 3.64. The van der Waals surface area contributed by atoms with Crippen molar-refractivity contribution < 1.29 is 19.1 Å². The molecule has 2 aromatic carbocycles. The monoisotopic (exact) mass is 339 g/mol. The van der Waals surface area contributed by atoms with Gasteiger partial charge >= 0.3 is 5.97 Å². The first-order valence-electron chi connectivity index (χ1n) is 7.40. The lowest BCUT2D eigenvalue weighted by Crippen LogP contribution is -2.17. The van der Waals surface area contributed by atoms with Crippen LogP contribution in [0.2, 0.25) is 0 Å². The largest absolute Gasteiger partial charge is 0.478 e. The van der Waals surface area contributed by atoms with Crippen molar-refractivity contribution in [2.75, 3.05) is 12.4 Å². The second kappa shape index (κ2) is 6.56. The Kier molecular flexibility index (Phi) is 4.30. The highest BCUT2D eigenvalue weighted by Crippen LogP contribution is 2.25. The van der Waals surface area contributed by atoms with Crippen LogP contribution in [0.3, 0.4) is 0 Å². The molecule has 0 aliphatic heterocycles. The summed E-state index contributed by atoms with van der Waals surface area (Å²) in [7, 11) is 1.52. The van der Waals surface area contributed by atoms with Crippen LogP contribution < -0.4 is 10.6 Å². The average Bonchev–Trinajstić information content (AvgIpc) is 2.61. The van der Waals surface area contributed by atoms with Crippen LogP contribution >= 0.6 is 0 Å². The topological polar surface area (TPSA) is 91.3 Å². The van der Waals surface area contributed by atoms with Crippen LogP contribution in [0.25, 0.3) is 10.9 Å². The molecule has 0 unspecified atom stereocenters. The smallest absolute Gasteiger partial charge is 0.339 e. The van der Waals surface area contributed by atoms with Crippen LogP contribution in [0.4, 0.5) is 15.9 Å². The molecule has 0 saturated heterocycles. The molecule has 25 heavy (non-hydrogen) atoms. The molecule has 0 aliphatic rings. The molecular formula is C18H14FN3O3. The Labute approximate surface area is 142 Å². The van der Waals surface area contributed by atoms with Crippen molar-refractivity contribution in [2.45, 2.75) is 0 Å². The van der Waals surface area contributed by atoms with E-state index in [1.54, 1.807) is 18.2 Å². The number of carbonyl (C=O) groups is 2. The number of anilines is 2. The number of halogens is 1. The van der Waals surface area contributed by atoms with Crippen molar-refractivity contribution in [2.24, 2.45) is 0 Å². The molecule has 0 fully saturated rings. The number of pyridine rings is 1. The molecule has 126 valence electrons. The van der Waals surface area contributed by atoms with Gasteiger partial charge in [0, 0.05) is 23.7 Å². The first kappa shape index (κ1) is 16.4. The molecule has 1 amide bonds. The molecule has 3 aromatic rings. The number of carboxylic acid groups (broad SMARTS) is 1. The summed E-state index contributed by atoms with van der Waals surface area (Å²) in [5.74, 6) is -1.69. The Bertz CT molecular complexity index is 971. The number of nitrogens with zero attached hydrogens (tertiary/aromatic N) is 1. The standard InChI is InChI=1S/C18H14FN3O3/c1-20-17(23)10-2-7-15-11(8-10)9-14(18(24)25)16(22-15)21-13-5-3-12(19)4-6-13/h2-9H,1H3,(H,20,23)(H,21,22)(H,24,25). The summed E-state index contributed by atoms with van der Waals surface area (Å²) in [4.78, 5) is 27.6. The molecule has 0 spiro atoms. The Balaban J connectivity index is 2.08. The predicted octanol–water partition coefficient (Wildman–Crippen LogP) is 3.18. The van der Waals surface area contributed by atoms with Gasteiger partial charge in [0.05, 0.1) is 5.52 Å². The molecule has 0 aliphatic carbocycles. The quantitative estimate of drug-likeness (QED) is 0.679. The zero-order valence-corrected chi connectivity index (χ0v) is 13.2. The summed E-state index contributed by atoms with van der Waals surface area (Å²) < 4.78 is 13.0. The summed E-state index contributed by atoms with van der Waals surface area (Å²) >= 11 is 0. The summed E-state index contributed by atoms with van der Waals surface area (Å²) in [5.41, 5.74) is 1.40. The lowest BCUT2D eigenvalue weighted by atomic mass is 10.1. The fraction of sp³-hybridized carbons (Fsp3) is 0.0556. The minimum absolute atomic E-state index is 0.0501. The maximum absolute atomic E-state index is 13.0. The fourth-order valence-electron chi connectivity index (χ4n) is 2.39. The van der Waals surface area contributed by atoms with Gasteiger partial charge in [0.2, 0.25) is 0 Å². The third-order valence-corrected chi connectivity index (χ3v) is 3.64. The first-order valence-corrected chi connectivity index (χ1v) is 7.40. The van der Waals surface area contributed by atoms with E-state index in [-0.39, 0.29) is 17.3 Å². The van der Waals surface area contributed by atoms with Gasteiger partial charge in [-0.3, -0.25) is 4.79 Å². The SMILES string of the molecule is CNC(=O)c1ccc2nc(Nc3ccc(F)cc3)c(C(=O)O)cc2c1. The zero-order valence-electron chi connectivity index (χ0n) is 13.2. The highest BCUT2D eigenvalue weighted by Gasteiger charge is 2.15. The number of aromatic nitrogens is 1. The van der Waals surface area contributed by atoms with E-state index >= 15 is 0 Å². The maximum atomic E-state index is 13.0. The van der Waals surface area contributed by atoms with Gasteiger partial charge in [0.25, 0.3) is 5.91 Å². The Morgan fingerprint density at radius 2 is 1.80 bits per heavy atom. The fourth-order valence-corrected chi connectivity index (χ4v) is 2.39. The van der Waals surface area contributed by atoms with E-state index in [2.05, 4.69) is 15.6 Å². The average molecular weight is 339 g/mol. The minimum Gasteiger partial charge on any atom is -0.478 e. The number of fused-ring (bicyclic) bond motifs is 1. The van der Waals surface area contributed by atoms with Gasteiger partial charge in [-0.2, -0.15) is 0 Å². The van der Waals surface area contributed by atoms with Crippen LogP contribution in [0.5, 0.6) is 0 Å². The number of hydrogen-bond acceptors (Lipinski definition) is 4. The lowest BCUT2D eigenvalue weighted by molar-refractivity contribution is 0.0697. The van der Waals surface area contributed by atoms with Gasteiger partial charge in [-0.05, 0) is 48.5 Å². The van der Waals surface area contributed by atoms with E-state index in [0.29, 0.717) is 22.2 Å². The van der Waals surface area contributed by atoms with Gasteiger partial charge in [0.1, 0.15) is 17.2 Å². The van der Waals surface area contributed by atoms with Gasteiger partial charge in [0.15, 0.2) is 0 Å². The van der Waals surface area contributed by atoms with Crippen LogP contribution in [0.1, 0.15) is 20.7 Å². The maximum Gasteiger partial charge on any atom is 0.339 e. The predicted molar refractivity (Wildman–Crippen MR) is 91.8 cm³/mol. The van der Waals surface area contributed by atoms with Gasteiger partial charge < -0.3 is 15.7 Å². The van der Waals surface area contributed by atoms with Crippen molar-refractivity contribution in [3.05, 3.63) is 65.5 Å². The van der Waals surface area contributed by atoms with Crippen LogP contribution in [-0.4, -0.2) is 29.0 Å². The molecular weight excluding hydrogens is 325 g/mol. The van der Waals surface area contributed by atoms with Crippen molar-refractivity contribution in [3.8, 4) is 0 Å². The highest BCUT2D eigenvalue weighted by molar-refractivity contribution is 6.02. The number of carbonyl (C=O) groups excluding carboxylic acids is 1. The summed E-state index contributed by atoms with van der Waals surface area (Å²) in [6.45, 7) is 0. The number of benzene rings is 2. The van der Waals surface area contributed by atoms with Crippen molar-refractivity contribution in [1.29, 1.82) is 0 Å². The van der Waals surface area contributed by atoms with Crippen LogP contribution in [0.15, 0.2) is 48.5 Å². The number of nitrogens with one attached hydrogen (secondary N) is 2. The lowest BCUT2D eigenvalue weighted by Gasteiger charge is -2.11. The molecule has 3 N–H and O–H groups in total. The normalized spacial score (nSPS) is 10.5. The minimum atomic E-state index is -1.16. The van der Waals surface area contributed by atoms with E-state index in [4.69, 9.17) is 0 Å². The zero-order chi connectivity index (χ0) is 18.0. The summed E-state index contributed by atoms with van der Waals surface area (Å²) in [6.07, 6.45) is 0. The molecule has 0 atom stereocenters. The van der Waals surface area contributed by atoms with Gasteiger partial charge in [-0.15, -0.1) is 0 Å². The molecule has 0 radical (unpaired) electrons. The second-order valence-corrected chi connectivity index (χ2v) is 5.31. The highest BCUT2D eigenvalue weighted by atomic mass is 19.1. The molecule has 1 heterocycles. The Morgan fingerprint density at radius 3 is 2.44 bits per heavy atom. The van der Waals surface area contributed by atoms with Crippen molar-refractivity contribution in [3.63, 3.8) is 0 Å². The van der Waals surface area contributed by atoms with Gasteiger partial charge in [-0.1, -0.05) is 0 Å². The summed E-state index contributed by atoms with van der Waals surface area (Å²) in [5, 5.41) is 15.4. The first-order chi connectivity index (χ1) is 12.0. The van der Waals surface area contributed by atoms with E-state index in [0.717, 1.165) is 0 Å². The van der Waals surface area contributed by atoms with E-state index in [1.165, 1.54) is 37.4 Å². The van der Waals surface area contributed by atoms with Gasteiger partial charge in [-0.25, -0.2) is 14.2 Å². The Hall–Kier alpha value is -3.48. The molecule has 6 nitrogen and oxygen atoms in total. The Morgan fingerprint density at radius 1 is 1.08 bits per heavy atom. The number of aromatic carboxylic acids is 1. The molecule has 1 aromatic heterocycles. The number of carboxylic acids is 1. The number of hydrogen-bond donors (Lipinski definition) is 3. The molecule has 7 heteroatoms. The van der Waals surface area contributed by atoms with E-state index in [9.17, 15) is 19.1 Å². The van der Waals surface area contributed by atoms with Crippen molar-refractivity contribution in [1.82, 2.24) is 10.3 Å².